The number of ether oxygens (including phenoxy) is 1. The number of alkyl carbamates (subject to hydrolysis) is 1. The van der Waals surface area contributed by atoms with Crippen LogP contribution in [0.2, 0.25) is 0 Å². The number of carbonyl (C=O) groups is 1. The Morgan fingerprint density at radius 3 is 2.56 bits per heavy atom. The van der Waals surface area contributed by atoms with Crippen LogP contribution in [0.5, 0.6) is 0 Å². The van der Waals surface area contributed by atoms with Gasteiger partial charge in [0.25, 0.3) is 0 Å². The van der Waals surface area contributed by atoms with Crippen molar-refractivity contribution in [2.75, 3.05) is 6.54 Å². The summed E-state index contributed by atoms with van der Waals surface area (Å²) in [4.78, 5) is 11.6. The molecule has 0 aromatic heterocycles. The highest BCUT2D eigenvalue weighted by Gasteiger charge is 2.30. The third-order valence-corrected chi connectivity index (χ3v) is 3.48. The van der Waals surface area contributed by atoms with Crippen molar-refractivity contribution in [3.05, 3.63) is 76.9 Å². The van der Waals surface area contributed by atoms with Crippen molar-refractivity contribution in [2.24, 2.45) is 0 Å². The predicted molar refractivity (Wildman–Crippen MR) is 89.8 cm³/mol. The van der Waals surface area contributed by atoms with Crippen molar-refractivity contribution < 1.29 is 22.7 Å². The van der Waals surface area contributed by atoms with Crippen LogP contribution in [0.4, 0.5) is 18.0 Å². The summed E-state index contributed by atoms with van der Waals surface area (Å²) < 4.78 is 43.2. The van der Waals surface area contributed by atoms with Crippen LogP contribution in [-0.4, -0.2) is 12.6 Å². The maximum Gasteiger partial charge on any atom is 0.416 e. The maximum atomic E-state index is 12.7. The van der Waals surface area contributed by atoms with Gasteiger partial charge < -0.3 is 10.1 Å². The Labute approximate surface area is 144 Å². The minimum Gasteiger partial charge on any atom is -0.445 e. The van der Waals surface area contributed by atoms with Crippen molar-refractivity contribution in [1.82, 2.24) is 5.32 Å². The molecule has 0 unspecified atom stereocenters. The van der Waals surface area contributed by atoms with Crippen LogP contribution in [0.3, 0.4) is 0 Å². The highest BCUT2D eigenvalue weighted by Crippen LogP contribution is 2.30. The lowest BCUT2D eigenvalue weighted by molar-refractivity contribution is -0.137. The smallest absolute Gasteiger partial charge is 0.416 e. The third kappa shape index (κ3) is 5.99. The van der Waals surface area contributed by atoms with Crippen LogP contribution >= 0.6 is 0 Å². The van der Waals surface area contributed by atoms with Gasteiger partial charge in [0.15, 0.2) is 0 Å². The van der Waals surface area contributed by atoms with Gasteiger partial charge in [-0.15, -0.1) is 0 Å². The lowest BCUT2D eigenvalue weighted by Crippen LogP contribution is -2.24. The molecule has 0 fully saturated rings. The quantitative estimate of drug-likeness (QED) is 0.829. The Bertz CT molecular complexity index is 740. The molecule has 2 aromatic rings. The van der Waals surface area contributed by atoms with Crippen LogP contribution in [0.15, 0.2) is 54.6 Å². The minimum atomic E-state index is -4.38. The fourth-order valence-electron chi connectivity index (χ4n) is 2.10. The normalized spacial score (nSPS) is 11.5. The summed E-state index contributed by atoms with van der Waals surface area (Å²) in [5.41, 5.74) is 1.34. The number of benzene rings is 2. The molecule has 0 aliphatic carbocycles. The summed E-state index contributed by atoms with van der Waals surface area (Å²) in [6.45, 7) is 2.04. The fraction of sp³-hybridized carbons (Fsp3) is 0.211. The fourth-order valence-corrected chi connectivity index (χ4v) is 2.10. The largest absolute Gasteiger partial charge is 0.445 e. The second-order valence-corrected chi connectivity index (χ2v) is 5.41. The van der Waals surface area contributed by atoms with E-state index in [0.717, 1.165) is 23.3 Å². The number of rotatable bonds is 5. The van der Waals surface area contributed by atoms with Crippen LogP contribution in [0, 0.1) is 6.92 Å². The highest BCUT2D eigenvalue weighted by atomic mass is 19.4. The molecule has 6 heteroatoms. The van der Waals surface area contributed by atoms with Gasteiger partial charge in [-0.25, -0.2) is 4.79 Å². The molecule has 0 atom stereocenters. The van der Waals surface area contributed by atoms with E-state index in [0.29, 0.717) is 5.56 Å². The van der Waals surface area contributed by atoms with E-state index < -0.39 is 17.8 Å². The summed E-state index contributed by atoms with van der Waals surface area (Å²) in [7, 11) is 0. The van der Waals surface area contributed by atoms with E-state index >= 15 is 0 Å². The molecule has 1 N–H and O–H groups in total. The highest BCUT2D eigenvalue weighted by molar-refractivity contribution is 5.67. The summed E-state index contributed by atoms with van der Waals surface area (Å²) in [6, 6.07) is 12.8. The number of carbonyl (C=O) groups excluding carboxylic acids is 1. The minimum absolute atomic E-state index is 0.156. The van der Waals surface area contributed by atoms with Crippen molar-refractivity contribution in [1.29, 1.82) is 0 Å². The Hall–Kier alpha value is -2.76. The van der Waals surface area contributed by atoms with Crippen LogP contribution < -0.4 is 5.32 Å². The second kappa shape index (κ2) is 8.37. The van der Waals surface area contributed by atoms with E-state index in [2.05, 4.69) is 5.32 Å². The molecular weight excluding hydrogens is 331 g/mol. The Balaban J connectivity index is 1.84. The van der Waals surface area contributed by atoms with Gasteiger partial charge in [-0.05, 0) is 35.7 Å². The Morgan fingerprint density at radius 2 is 1.88 bits per heavy atom. The molecule has 2 rings (SSSR count). The summed E-state index contributed by atoms with van der Waals surface area (Å²) in [6.07, 6.45) is -1.85. The number of alkyl halides is 3. The molecule has 0 radical (unpaired) electrons. The van der Waals surface area contributed by atoms with Gasteiger partial charge in [-0.3, -0.25) is 0 Å². The van der Waals surface area contributed by atoms with Crippen molar-refractivity contribution in [3.8, 4) is 0 Å². The Morgan fingerprint density at radius 1 is 1.16 bits per heavy atom. The van der Waals surface area contributed by atoms with E-state index in [1.807, 2.05) is 30.3 Å². The molecule has 0 aliphatic rings. The topological polar surface area (TPSA) is 38.3 Å². The SMILES string of the molecule is Cc1ccc(C(F)(F)F)cc1C=CCNC(=O)OCc1ccccc1. The van der Waals surface area contributed by atoms with Gasteiger partial charge in [0.1, 0.15) is 6.61 Å². The van der Waals surface area contributed by atoms with Crippen LogP contribution in [0.1, 0.15) is 22.3 Å². The second-order valence-electron chi connectivity index (χ2n) is 5.41. The number of halogens is 3. The van der Waals surface area contributed by atoms with Crippen molar-refractivity contribution >= 4 is 12.2 Å². The molecule has 0 heterocycles. The molecule has 25 heavy (non-hydrogen) atoms. The average molecular weight is 349 g/mol. The van der Waals surface area contributed by atoms with Crippen molar-refractivity contribution in [2.45, 2.75) is 19.7 Å². The Kier molecular flexibility index (Phi) is 6.22. The van der Waals surface area contributed by atoms with Gasteiger partial charge in [-0.2, -0.15) is 13.2 Å². The number of aryl methyl sites for hydroxylation is 1. The van der Waals surface area contributed by atoms with Gasteiger partial charge in [-0.1, -0.05) is 48.6 Å². The molecule has 0 spiro atoms. The lowest BCUT2D eigenvalue weighted by Gasteiger charge is -2.09. The molecule has 0 saturated carbocycles. The van der Waals surface area contributed by atoms with Crippen molar-refractivity contribution in [3.63, 3.8) is 0 Å². The number of hydrogen-bond acceptors (Lipinski definition) is 2. The summed E-state index contributed by atoms with van der Waals surface area (Å²) in [5.74, 6) is 0. The van der Waals surface area contributed by atoms with Gasteiger partial charge in [0.2, 0.25) is 0 Å². The molecule has 0 bridgehead atoms. The number of amides is 1. The standard InChI is InChI=1S/C19H18F3NO2/c1-14-9-10-17(19(20,21)22)12-16(14)8-5-11-23-18(24)25-13-15-6-3-2-4-7-15/h2-10,12H,11,13H2,1H3,(H,23,24). The lowest BCUT2D eigenvalue weighted by atomic mass is 10.0. The summed E-state index contributed by atoms with van der Waals surface area (Å²) >= 11 is 0. The molecule has 2 aromatic carbocycles. The molecule has 0 aliphatic heterocycles. The molecule has 1 amide bonds. The molecule has 132 valence electrons. The zero-order valence-electron chi connectivity index (χ0n) is 13.6. The average Bonchev–Trinajstić information content (AvgIpc) is 2.58. The molecule has 3 nitrogen and oxygen atoms in total. The predicted octanol–water partition coefficient (Wildman–Crippen LogP) is 4.95. The first-order valence-corrected chi connectivity index (χ1v) is 7.65. The van der Waals surface area contributed by atoms with E-state index in [1.54, 1.807) is 19.1 Å². The third-order valence-electron chi connectivity index (χ3n) is 3.48. The van der Waals surface area contributed by atoms with E-state index in [1.165, 1.54) is 6.07 Å². The van der Waals surface area contributed by atoms with Gasteiger partial charge in [0.05, 0.1) is 5.56 Å². The van der Waals surface area contributed by atoms with Crippen LogP contribution in [-0.2, 0) is 17.5 Å². The summed E-state index contributed by atoms with van der Waals surface area (Å²) in [5, 5.41) is 2.52. The first-order chi connectivity index (χ1) is 11.9. The first kappa shape index (κ1) is 18.6. The molecular formula is C19H18F3NO2. The van der Waals surface area contributed by atoms with E-state index in [9.17, 15) is 18.0 Å². The molecule has 0 saturated heterocycles. The number of hydrogen-bond donors (Lipinski definition) is 1. The number of nitrogens with one attached hydrogen (secondary N) is 1. The maximum absolute atomic E-state index is 12.7. The monoisotopic (exact) mass is 349 g/mol. The van der Waals surface area contributed by atoms with Crippen LogP contribution in [0.25, 0.3) is 6.08 Å². The van der Waals surface area contributed by atoms with Gasteiger partial charge in [0, 0.05) is 6.54 Å². The zero-order valence-corrected chi connectivity index (χ0v) is 13.6. The van der Waals surface area contributed by atoms with Gasteiger partial charge >= 0.3 is 12.3 Å². The first-order valence-electron chi connectivity index (χ1n) is 7.65. The van der Waals surface area contributed by atoms with E-state index in [-0.39, 0.29) is 13.2 Å². The zero-order chi connectivity index (χ0) is 18.3. The van der Waals surface area contributed by atoms with E-state index in [4.69, 9.17) is 4.74 Å².